The molecule has 0 unspecified atom stereocenters. The number of hydrogen-bond donors (Lipinski definition) is 1. The van der Waals surface area contributed by atoms with Gasteiger partial charge in [0.15, 0.2) is 0 Å². The van der Waals surface area contributed by atoms with Gasteiger partial charge in [-0.15, -0.1) is 0 Å². The lowest BCUT2D eigenvalue weighted by Gasteiger charge is -2.24. The molecular weight excluding hydrogens is 278 g/mol. The molecule has 0 aromatic carbocycles. The van der Waals surface area contributed by atoms with Crippen molar-refractivity contribution in [1.82, 2.24) is 9.97 Å². The molecule has 0 saturated heterocycles. The summed E-state index contributed by atoms with van der Waals surface area (Å²) in [5.74, 6) is 1.61. The summed E-state index contributed by atoms with van der Waals surface area (Å²) >= 11 is 8.04. The van der Waals surface area contributed by atoms with Crippen molar-refractivity contribution >= 4 is 29.2 Å². The summed E-state index contributed by atoms with van der Waals surface area (Å²) in [5, 5.41) is 3.93. The Hall–Kier alpha value is -0.480. The van der Waals surface area contributed by atoms with Crippen LogP contribution >= 0.6 is 23.4 Å². The predicted octanol–water partition coefficient (Wildman–Crippen LogP) is 4.29. The van der Waals surface area contributed by atoms with E-state index in [-0.39, 0.29) is 10.2 Å². The van der Waals surface area contributed by atoms with Crippen LogP contribution < -0.4 is 5.32 Å². The summed E-state index contributed by atoms with van der Waals surface area (Å²) in [4.78, 5) is 9.00. The van der Waals surface area contributed by atoms with Crippen LogP contribution in [-0.4, -0.2) is 27.5 Å². The second-order valence-corrected chi connectivity index (χ2v) is 8.25. The van der Waals surface area contributed by atoms with Crippen LogP contribution in [0.1, 0.15) is 46.0 Å². The van der Waals surface area contributed by atoms with Crippen molar-refractivity contribution < 1.29 is 0 Å². The molecule has 0 fully saturated rings. The van der Waals surface area contributed by atoms with Crippen LogP contribution in [0.3, 0.4) is 0 Å². The maximum Gasteiger partial charge on any atom is 0.137 e. The third-order valence-corrected chi connectivity index (χ3v) is 4.61. The van der Waals surface area contributed by atoms with Crippen LogP contribution in [0.25, 0.3) is 0 Å². The Bertz CT molecular complexity index is 453. The standard InChI is InChI=1S/C14H24ClN3S/c1-9-10(15)17-12(13(2,3)4)18-11(9)16-8-14(5,6)19-7/h8H2,1-7H3,(H,16,17,18). The van der Waals surface area contributed by atoms with Crippen molar-refractivity contribution in [2.75, 3.05) is 18.1 Å². The third-order valence-electron chi connectivity index (χ3n) is 2.99. The molecule has 0 amide bonds. The average molecular weight is 302 g/mol. The van der Waals surface area contributed by atoms with E-state index < -0.39 is 0 Å². The van der Waals surface area contributed by atoms with Gasteiger partial charge in [0.05, 0.1) is 0 Å². The Labute approximate surface area is 125 Å². The van der Waals surface area contributed by atoms with Crippen LogP contribution in [0.5, 0.6) is 0 Å². The topological polar surface area (TPSA) is 37.8 Å². The molecule has 0 aliphatic heterocycles. The molecule has 1 aromatic heterocycles. The number of rotatable bonds is 4. The first-order chi connectivity index (χ1) is 8.57. The molecule has 1 aromatic rings. The van der Waals surface area contributed by atoms with Gasteiger partial charge in [0.2, 0.25) is 0 Å². The Morgan fingerprint density at radius 2 is 1.74 bits per heavy atom. The van der Waals surface area contributed by atoms with Crippen molar-refractivity contribution in [1.29, 1.82) is 0 Å². The average Bonchev–Trinajstić information content (AvgIpc) is 2.29. The number of hydrogen-bond acceptors (Lipinski definition) is 4. The summed E-state index contributed by atoms with van der Waals surface area (Å²) in [7, 11) is 0. The fraction of sp³-hybridized carbons (Fsp3) is 0.714. The molecule has 19 heavy (non-hydrogen) atoms. The fourth-order valence-electron chi connectivity index (χ4n) is 1.37. The van der Waals surface area contributed by atoms with Gasteiger partial charge in [0.25, 0.3) is 0 Å². The number of thioether (sulfide) groups is 1. The van der Waals surface area contributed by atoms with Gasteiger partial charge < -0.3 is 5.32 Å². The summed E-state index contributed by atoms with van der Waals surface area (Å²) < 4.78 is 0.158. The quantitative estimate of drug-likeness (QED) is 0.842. The van der Waals surface area contributed by atoms with E-state index in [0.717, 1.165) is 23.8 Å². The molecule has 0 bridgehead atoms. The number of halogens is 1. The smallest absolute Gasteiger partial charge is 0.137 e. The van der Waals surface area contributed by atoms with Gasteiger partial charge in [-0.1, -0.05) is 32.4 Å². The monoisotopic (exact) mass is 301 g/mol. The van der Waals surface area contributed by atoms with E-state index in [9.17, 15) is 0 Å². The zero-order valence-electron chi connectivity index (χ0n) is 12.9. The maximum absolute atomic E-state index is 6.21. The van der Waals surface area contributed by atoms with E-state index in [4.69, 9.17) is 11.6 Å². The van der Waals surface area contributed by atoms with Crippen molar-refractivity contribution in [3.8, 4) is 0 Å². The van der Waals surface area contributed by atoms with Crippen molar-refractivity contribution in [3.63, 3.8) is 0 Å². The van der Waals surface area contributed by atoms with E-state index in [0.29, 0.717) is 5.15 Å². The third kappa shape index (κ3) is 4.53. The maximum atomic E-state index is 6.21. The Morgan fingerprint density at radius 3 is 2.21 bits per heavy atom. The fourth-order valence-corrected chi connectivity index (χ4v) is 1.75. The van der Waals surface area contributed by atoms with Gasteiger partial charge in [-0.25, -0.2) is 9.97 Å². The summed E-state index contributed by atoms with van der Waals surface area (Å²) in [6, 6.07) is 0. The van der Waals surface area contributed by atoms with Crippen molar-refractivity contribution in [2.24, 2.45) is 0 Å². The van der Waals surface area contributed by atoms with Gasteiger partial charge >= 0.3 is 0 Å². The highest BCUT2D eigenvalue weighted by atomic mass is 35.5. The molecule has 3 nitrogen and oxygen atoms in total. The molecule has 0 aliphatic rings. The van der Waals surface area contributed by atoms with E-state index in [1.54, 1.807) is 0 Å². The highest BCUT2D eigenvalue weighted by molar-refractivity contribution is 7.99. The van der Waals surface area contributed by atoms with Gasteiger partial charge in [-0.2, -0.15) is 11.8 Å². The number of aromatic nitrogens is 2. The highest BCUT2D eigenvalue weighted by Gasteiger charge is 2.22. The van der Waals surface area contributed by atoms with E-state index >= 15 is 0 Å². The molecule has 0 aliphatic carbocycles. The van der Waals surface area contributed by atoms with Crippen LogP contribution in [0.15, 0.2) is 0 Å². The molecule has 5 heteroatoms. The van der Waals surface area contributed by atoms with Crippen molar-refractivity contribution in [3.05, 3.63) is 16.5 Å². The minimum Gasteiger partial charge on any atom is -0.368 e. The van der Waals surface area contributed by atoms with Crippen LogP contribution in [0.2, 0.25) is 5.15 Å². The van der Waals surface area contributed by atoms with E-state index in [1.807, 2.05) is 18.7 Å². The van der Waals surface area contributed by atoms with Gasteiger partial charge in [-0.05, 0) is 27.0 Å². The lowest BCUT2D eigenvalue weighted by molar-refractivity contribution is 0.545. The number of nitrogens with zero attached hydrogens (tertiary/aromatic N) is 2. The van der Waals surface area contributed by atoms with Gasteiger partial charge in [0, 0.05) is 22.3 Å². The molecule has 0 atom stereocenters. The lowest BCUT2D eigenvalue weighted by Crippen LogP contribution is -2.27. The summed E-state index contributed by atoms with van der Waals surface area (Å²) in [6.45, 7) is 13.5. The molecule has 1 N–H and O–H groups in total. The molecular formula is C14H24ClN3S. The van der Waals surface area contributed by atoms with Crippen molar-refractivity contribution in [2.45, 2.75) is 51.7 Å². The first-order valence-electron chi connectivity index (χ1n) is 6.40. The minimum atomic E-state index is -0.108. The molecule has 1 rings (SSSR count). The summed E-state index contributed by atoms with van der Waals surface area (Å²) in [6.07, 6.45) is 2.11. The molecule has 0 spiro atoms. The van der Waals surface area contributed by atoms with E-state index in [1.165, 1.54) is 0 Å². The van der Waals surface area contributed by atoms with Crippen LogP contribution in [0.4, 0.5) is 5.82 Å². The van der Waals surface area contributed by atoms with E-state index in [2.05, 4.69) is 56.2 Å². The van der Waals surface area contributed by atoms with Gasteiger partial charge in [-0.3, -0.25) is 0 Å². The molecule has 1 heterocycles. The molecule has 108 valence electrons. The van der Waals surface area contributed by atoms with Crippen LogP contribution in [-0.2, 0) is 5.41 Å². The first-order valence-corrected chi connectivity index (χ1v) is 8.01. The predicted molar refractivity (Wildman–Crippen MR) is 86.6 cm³/mol. The highest BCUT2D eigenvalue weighted by Crippen LogP contribution is 2.27. The summed E-state index contributed by atoms with van der Waals surface area (Å²) in [5.41, 5.74) is 0.801. The number of anilines is 1. The largest absolute Gasteiger partial charge is 0.368 e. The normalized spacial score (nSPS) is 12.6. The number of nitrogens with one attached hydrogen (secondary N) is 1. The second-order valence-electron chi connectivity index (χ2n) is 6.38. The Balaban J connectivity index is 3.04. The zero-order chi connectivity index (χ0) is 14.8. The lowest BCUT2D eigenvalue weighted by atomic mass is 9.95. The minimum absolute atomic E-state index is 0.108. The second kappa shape index (κ2) is 5.88. The van der Waals surface area contributed by atoms with Crippen LogP contribution in [0, 0.1) is 6.92 Å². The Kier molecular flexibility index (Phi) is 5.13. The zero-order valence-corrected chi connectivity index (χ0v) is 14.5. The Morgan fingerprint density at radius 1 is 1.16 bits per heavy atom. The molecule has 0 saturated carbocycles. The first kappa shape index (κ1) is 16.6. The molecule has 0 radical (unpaired) electrons. The van der Waals surface area contributed by atoms with Gasteiger partial charge in [0.1, 0.15) is 16.8 Å². The SMILES string of the molecule is CSC(C)(C)CNc1nc(C(C)(C)C)nc(Cl)c1C.